The molecule has 1 saturated heterocycles. The maximum atomic E-state index is 11.4. The minimum Gasteiger partial charge on any atom is -0.379 e. The second-order valence-electron chi connectivity index (χ2n) is 5.60. The van der Waals surface area contributed by atoms with Crippen LogP contribution in [-0.2, 0) is 16.0 Å². The molecule has 4 N–H and O–H groups in total. The summed E-state index contributed by atoms with van der Waals surface area (Å²) in [6, 6.07) is 20.0. The third-order valence-electron chi connectivity index (χ3n) is 3.99. The van der Waals surface area contributed by atoms with Crippen LogP contribution in [0.5, 0.6) is 0 Å². The number of hydrogen-bond donors (Lipinski definition) is 4. The molecule has 24 heavy (non-hydrogen) atoms. The minimum atomic E-state index is -4.67. The lowest BCUT2D eigenvalue weighted by molar-refractivity contribution is 0.0442. The van der Waals surface area contributed by atoms with Crippen LogP contribution in [0.15, 0.2) is 60.7 Å². The second kappa shape index (κ2) is 7.87. The molecule has 0 unspecified atom stereocenters. The van der Waals surface area contributed by atoms with Gasteiger partial charge in [-0.3, -0.25) is 9.11 Å². The molecule has 1 fully saturated rings. The van der Waals surface area contributed by atoms with Crippen molar-refractivity contribution in [3.8, 4) is 0 Å². The molecule has 0 aliphatic carbocycles. The molecule has 7 heteroatoms. The van der Waals surface area contributed by atoms with Gasteiger partial charge in [0.1, 0.15) is 5.60 Å². The monoisotopic (exact) mass is 351 g/mol. The van der Waals surface area contributed by atoms with Crippen molar-refractivity contribution in [1.82, 2.24) is 5.32 Å². The number of nitrogens with one attached hydrogen (secondary N) is 1. The van der Waals surface area contributed by atoms with Crippen molar-refractivity contribution >= 4 is 10.4 Å². The van der Waals surface area contributed by atoms with Crippen LogP contribution in [0.3, 0.4) is 0 Å². The molecule has 0 amide bonds. The predicted molar refractivity (Wildman–Crippen MR) is 91.1 cm³/mol. The Morgan fingerprint density at radius 3 is 1.67 bits per heavy atom. The summed E-state index contributed by atoms with van der Waals surface area (Å²) in [5, 5.41) is 14.8. The zero-order valence-corrected chi connectivity index (χ0v) is 13.9. The lowest BCUT2D eigenvalue weighted by atomic mass is 9.79. The summed E-state index contributed by atoms with van der Waals surface area (Å²) in [6.07, 6.45) is 2.12. The molecule has 0 aromatic heterocycles. The van der Waals surface area contributed by atoms with Crippen molar-refractivity contribution in [2.75, 3.05) is 6.54 Å². The maximum Gasteiger partial charge on any atom is 0.394 e. The van der Waals surface area contributed by atoms with E-state index >= 15 is 0 Å². The summed E-state index contributed by atoms with van der Waals surface area (Å²) < 4.78 is 31.6. The van der Waals surface area contributed by atoms with Crippen molar-refractivity contribution in [1.29, 1.82) is 0 Å². The van der Waals surface area contributed by atoms with E-state index in [0.29, 0.717) is 0 Å². The summed E-state index contributed by atoms with van der Waals surface area (Å²) in [5.41, 5.74) is 0.972. The number of rotatable bonds is 3. The third-order valence-corrected chi connectivity index (χ3v) is 3.99. The molecule has 1 heterocycles. The Bertz CT molecular complexity index is 681. The van der Waals surface area contributed by atoms with Gasteiger partial charge in [0.25, 0.3) is 0 Å². The van der Waals surface area contributed by atoms with Crippen LogP contribution < -0.4 is 5.32 Å². The molecular formula is C17H21NO5S. The summed E-state index contributed by atoms with van der Waals surface area (Å²) in [5.74, 6) is 0. The molecule has 0 spiro atoms. The molecule has 3 rings (SSSR count). The second-order valence-corrected chi connectivity index (χ2v) is 6.49. The Kier molecular flexibility index (Phi) is 6.09. The molecule has 1 aliphatic heterocycles. The molecule has 1 aliphatic rings. The van der Waals surface area contributed by atoms with Gasteiger partial charge in [-0.05, 0) is 30.5 Å². The highest BCUT2D eigenvalue weighted by Crippen LogP contribution is 2.36. The Balaban J connectivity index is 0.000000368. The average molecular weight is 351 g/mol. The standard InChI is InChI=1S/C17H19NO.H2O4S/c19-17(16-12-7-13-18-16,14-8-3-1-4-9-14)15-10-5-2-6-11-15;1-5(2,3)4/h1-6,8-11,16,18-19H,7,12-13H2;(H2,1,2,3,4)/t16-;/m0./s1. The molecule has 6 nitrogen and oxygen atoms in total. The van der Waals surface area contributed by atoms with E-state index in [4.69, 9.17) is 17.5 Å². The summed E-state index contributed by atoms with van der Waals surface area (Å²) in [4.78, 5) is 0. The van der Waals surface area contributed by atoms with E-state index in [0.717, 1.165) is 30.5 Å². The van der Waals surface area contributed by atoms with E-state index in [1.54, 1.807) is 0 Å². The van der Waals surface area contributed by atoms with Crippen molar-refractivity contribution in [3.05, 3.63) is 71.8 Å². The normalized spacial score (nSPS) is 17.9. The maximum absolute atomic E-state index is 11.4. The first-order valence-corrected chi connectivity index (χ1v) is 8.98. The minimum absolute atomic E-state index is 0.0808. The first-order valence-electron chi connectivity index (χ1n) is 7.58. The third kappa shape index (κ3) is 4.86. The van der Waals surface area contributed by atoms with Crippen LogP contribution in [0, 0.1) is 0 Å². The SMILES string of the molecule is O=S(=O)(O)O.OC(c1ccccc1)(c1ccccc1)[C@@H]1CCCN1. The first-order chi connectivity index (χ1) is 11.3. The van der Waals surface area contributed by atoms with Crippen LogP contribution >= 0.6 is 0 Å². The van der Waals surface area contributed by atoms with Crippen molar-refractivity contribution < 1.29 is 22.6 Å². The van der Waals surface area contributed by atoms with Gasteiger partial charge in [-0.2, -0.15) is 8.42 Å². The fourth-order valence-corrected chi connectivity index (χ4v) is 2.99. The van der Waals surface area contributed by atoms with Gasteiger partial charge in [0, 0.05) is 6.04 Å². The van der Waals surface area contributed by atoms with E-state index in [1.807, 2.05) is 60.7 Å². The fraction of sp³-hybridized carbons (Fsp3) is 0.294. The quantitative estimate of drug-likeness (QED) is 0.630. The highest BCUT2D eigenvalue weighted by molar-refractivity contribution is 7.79. The van der Waals surface area contributed by atoms with E-state index in [9.17, 15) is 5.11 Å². The Hall–Kier alpha value is -1.77. The summed E-state index contributed by atoms with van der Waals surface area (Å²) in [7, 11) is -4.67. The van der Waals surface area contributed by atoms with Gasteiger partial charge in [0.15, 0.2) is 0 Å². The van der Waals surface area contributed by atoms with Gasteiger partial charge < -0.3 is 10.4 Å². The van der Waals surface area contributed by atoms with Gasteiger partial charge in [-0.25, -0.2) is 0 Å². The molecule has 0 saturated carbocycles. The number of benzene rings is 2. The van der Waals surface area contributed by atoms with E-state index in [-0.39, 0.29) is 6.04 Å². The summed E-state index contributed by atoms with van der Waals surface area (Å²) in [6.45, 7) is 0.979. The smallest absolute Gasteiger partial charge is 0.379 e. The Morgan fingerprint density at radius 2 is 1.33 bits per heavy atom. The van der Waals surface area contributed by atoms with Gasteiger partial charge in [-0.15, -0.1) is 0 Å². The largest absolute Gasteiger partial charge is 0.394 e. The Labute approximate surface area is 141 Å². The van der Waals surface area contributed by atoms with Crippen molar-refractivity contribution in [2.24, 2.45) is 0 Å². The van der Waals surface area contributed by atoms with Gasteiger partial charge in [0.05, 0.1) is 0 Å². The van der Waals surface area contributed by atoms with Gasteiger partial charge >= 0.3 is 10.4 Å². The molecular weight excluding hydrogens is 330 g/mol. The zero-order chi connectivity index (χ0) is 17.6. The first kappa shape index (κ1) is 18.6. The molecule has 0 bridgehead atoms. The van der Waals surface area contributed by atoms with Crippen molar-refractivity contribution in [3.63, 3.8) is 0 Å². The summed E-state index contributed by atoms with van der Waals surface area (Å²) >= 11 is 0. The van der Waals surface area contributed by atoms with Crippen LogP contribution in [0.4, 0.5) is 0 Å². The van der Waals surface area contributed by atoms with Gasteiger partial charge in [-0.1, -0.05) is 60.7 Å². The topological polar surface area (TPSA) is 107 Å². The van der Waals surface area contributed by atoms with Crippen LogP contribution in [-0.4, -0.2) is 35.2 Å². The fourth-order valence-electron chi connectivity index (χ4n) is 2.99. The lowest BCUT2D eigenvalue weighted by Crippen LogP contribution is -2.46. The van der Waals surface area contributed by atoms with E-state index in [2.05, 4.69) is 5.32 Å². The average Bonchev–Trinajstić information content (AvgIpc) is 3.09. The van der Waals surface area contributed by atoms with Gasteiger partial charge in [0.2, 0.25) is 0 Å². The molecule has 2 aromatic carbocycles. The predicted octanol–water partition coefficient (Wildman–Crippen LogP) is 2.02. The number of hydrogen-bond acceptors (Lipinski definition) is 4. The molecule has 1 atom stereocenters. The molecule has 2 aromatic rings. The molecule has 0 radical (unpaired) electrons. The van der Waals surface area contributed by atoms with Crippen LogP contribution in [0.25, 0.3) is 0 Å². The highest BCUT2D eigenvalue weighted by Gasteiger charge is 2.41. The van der Waals surface area contributed by atoms with E-state index < -0.39 is 16.0 Å². The Morgan fingerprint density at radius 1 is 0.917 bits per heavy atom. The lowest BCUT2D eigenvalue weighted by Gasteiger charge is -2.35. The highest BCUT2D eigenvalue weighted by atomic mass is 32.3. The number of aliphatic hydroxyl groups is 1. The molecule has 130 valence electrons. The van der Waals surface area contributed by atoms with E-state index in [1.165, 1.54) is 0 Å². The van der Waals surface area contributed by atoms with Crippen LogP contribution in [0.1, 0.15) is 24.0 Å². The van der Waals surface area contributed by atoms with Crippen LogP contribution in [0.2, 0.25) is 0 Å². The van der Waals surface area contributed by atoms with Crippen molar-refractivity contribution in [2.45, 2.75) is 24.5 Å². The zero-order valence-electron chi connectivity index (χ0n) is 13.0.